The molecule has 2 aromatic rings. The molecule has 2 aromatic carbocycles. The molecule has 7 unspecified atom stereocenters. The zero-order valence-corrected chi connectivity index (χ0v) is 37.4. The molecule has 342 valence electrons. The molecule has 3 N–H and O–H groups in total. The highest BCUT2D eigenvalue weighted by Gasteiger charge is 2.65. The van der Waals surface area contributed by atoms with Crippen LogP contribution >= 0.6 is 23.4 Å². The summed E-state index contributed by atoms with van der Waals surface area (Å²) in [6.45, 7) is 5.50. The number of amides is 1. The first-order valence-electron chi connectivity index (χ1n) is 22.3. The van der Waals surface area contributed by atoms with Crippen molar-refractivity contribution >= 4 is 35.2 Å². The number of ether oxygens (including phenoxy) is 6. The Hall–Kier alpha value is -3.34. The monoisotopic (exact) mass is 900 g/mol. The number of alkyl halides is 1. The first-order valence-corrected chi connectivity index (χ1v) is 23.8. The summed E-state index contributed by atoms with van der Waals surface area (Å²) in [5, 5.41) is 34.3. The third-order valence-corrected chi connectivity index (χ3v) is 13.2. The third kappa shape index (κ3) is 12.3. The first kappa shape index (κ1) is 48.1. The minimum absolute atomic E-state index is 0.0132. The van der Waals surface area contributed by atoms with E-state index in [0.717, 1.165) is 55.4 Å². The lowest BCUT2D eigenvalue weighted by Crippen LogP contribution is -2.70. The number of oxime groups is 1. The van der Waals surface area contributed by atoms with E-state index in [-0.39, 0.29) is 82.8 Å². The lowest BCUT2D eigenvalue weighted by molar-refractivity contribution is -0.256. The Morgan fingerprint density at radius 2 is 1.82 bits per heavy atom. The molecule has 1 saturated carbocycles. The van der Waals surface area contributed by atoms with E-state index in [4.69, 9.17) is 50.0 Å². The van der Waals surface area contributed by atoms with Crippen LogP contribution < -0.4 is 9.47 Å². The van der Waals surface area contributed by atoms with Gasteiger partial charge in [0.25, 0.3) is 0 Å². The van der Waals surface area contributed by atoms with E-state index < -0.39 is 30.1 Å². The number of thioether (sulfide) groups is 1. The van der Waals surface area contributed by atoms with Crippen LogP contribution in [0.25, 0.3) is 0 Å². The van der Waals surface area contributed by atoms with Crippen molar-refractivity contribution < 1.29 is 53.4 Å². The van der Waals surface area contributed by atoms with Crippen LogP contribution in [0.2, 0.25) is 0 Å². The van der Waals surface area contributed by atoms with Crippen molar-refractivity contribution in [2.45, 2.75) is 93.1 Å². The molecule has 0 bridgehead atoms. The van der Waals surface area contributed by atoms with Gasteiger partial charge in [0.15, 0.2) is 0 Å². The van der Waals surface area contributed by atoms with Crippen molar-refractivity contribution in [2.24, 2.45) is 22.9 Å². The van der Waals surface area contributed by atoms with E-state index in [0.29, 0.717) is 49.7 Å². The van der Waals surface area contributed by atoms with Crippen molar-refractivity contribution in [3.63, 3.8) is 0 Å². The summed E-state index contributed by atoms with van der Waals surface area (Å²) in [6, 6.07) is 15.4. The van der Waals surface area contributed by atoms with Crippen molar-refractivity contribution in [3.05, 3.63) is 78.4 Å². The standard InChI is InChI=1S/C47H65ClN2O11S/c1-2-24-59-47-42(50(20-27-55-28-23-53)46(54)58-26-19-48)33-40(49-61-43-16-8-11-25-57-43)38-31-34(12-6-9-21-51)37(15-7-10-22-52)44(45(38)47)39-32-35(17-18-41(39)60-47)56-29-30-62-36-13-4-3-5-14-36/h2-5,13-14,17-18,31-32,34,37,42-45,51-53H,1,6-12,15-16,19-30,33H2. The van der Waals surface area contributed by atoms with E-state index in [2.05, 4.69) is 30.9 Å². The smallest absolute Gasteiger partial charge is 0.410 e. The summed E-state index contributed by atoms with van der Waals surface area (Å²) in [5.74, 6) is 0.0895. The van der Waals surface area contributed by atoms with Gasteiger partial charge in [-0.25, -0.2) is 4.79 Å². The SMILES string of the molecule is C=CCOC12Oc3ccc(OCCSc4ccccc4)cc3C3C(CCCCO)C(CCCCO)C=C(C(=NOC4CCCCO4)CC1N(CCOCCO)C(=O)OCCCl)C32. The Morgan fingerprint density at radius 3 is 2.56 bits per heavy atom. The van der Waals surface area contributed by atoms with Crippen LogP contribution in [0.15, 0.2) is 82.9 Å². The normalized spacial score (nSPS) is 25.8. The number of hydrogen-bond acceptors (Lipinski definition) is 13. The van der Waals surface area contributed by atoms with Gasteiger partial charge in [-0.1, -0.05) is 48.3 Å². The van der Waals surface area contributed by atoms with E-state index in [1.165, 1.54) is 4.90 Å². The predicted molar refractivity (Wildman–Crippen MR) is 239 cm³/mol. The van der Waals surface area contributed by atoms with Gasteiger partial charge < -0.3 is 48.6 Å². The van der Waals surface area contributed by atoms with Crippen LogP contribution in [0.5, 0.6) is 11.5 Å². The van der Waals surface area contributed by atoms with Gasteiger partial charge in [-0.15, -0.1) is 29.9 Å². The zero-order valence-electron chi connectivity index (χ0n) is 35.8. The molecular formula is C47H65ClN2O11S. The minimum atomic E-state index is -1.48. The van der Waals surface area contributed by atoms with Crippen molar-refractivity contribution in [1.29, 1.82) is 0 Å². The molecule has 7 atom stereocenters. The average Bonchev–Trinajstić information content (AvgIpc) is 3.30. The number of allylic oxidation sites excluding steroid dienone is 1. The molecule has 15 heteroatoms. The fraction of sp³-hybridized carbons (Fsp3) is 0.617. The van der Waals surface area contributed by atoms with Crippen LogP contribution in [-0.4, -0.2) is 128 Å². The molecule has 2 aliphatic heterocycles. The van der Waals surface area contributed by atoms with Crippen LogP contribution in [0, 0.1) is 17.8 Å². The highest BCUT2D eigenvalue weighted by Crippen LogP contribution is 2.62. The fourth-order valence-electron chi connectivity index (χ4n) is 9.40. The minimum Gasteiger partial charge on any atom is -0.493 e. The number of rotatable bonds is 26. The number of aliphatic hydroxyl groups excluding tert-OH is 3. The second-order valence-electron chi connectivity index (χ2n) is 16.0. The fourth-order valence-corrected chi connectivity index (χ4v) is 10.2. The summed E-state index contributed by atoms with van der Waals surface area (Å²) in [4.78, 5) is 23.3. The summed E-state index contributed by atoms with van der Waals surface area (Å²) in [7, 11) is 0. The lowest BCUT2D eigenvalue weighted by Gasteiger charge is -2.59. The van der Waals surface area contributed by atoms with Gasteiger partial charge in [0.05, 0.1) is 57.2 Å². The molecule has 0 aromatic heterocycles. The molecule has 0 radical (unpaired) electrons. The number of benzene rings is 2. The van der Waals surface area contributed by atoms with Gasteiger partial charge in [-0.05, 0) is 86.3 Å². The maximum absolute atomic E-state index is 14.3. The molecule has 0 spiro atoms. The largest absolute Gasteiger partial charge is 0.493 e. The molecule has 1 saturated heterocycles. The molecule has 13 nitrogen and oxygen atoms in total. The average molecular weight is 902 g/mol. The van der Waals surface area contributed by atoms with E-state index in [9.17, 15) is 20.1 Å². The maximum atomic E-state index is 14.3. The number of aliphatic hydroxyl groups is 3. The van der Waals surface area contributed by atoms with Gasteiger partial charge in [-0.2, -0.15) is 0 Å². The highest BCUT2D eigenvalue weighted by atomic mass is 35.5. The second kappa shape index (κ2) is 25.2. The third-order valence-electron chi connectivity index (χ3n) is 12.1. The van der Waals surface area contributed by atoms with Crippen molar-refractivity contribution in [2.75, 3.05) is 77.6 Å². The molecule has 4 aliphatic rings. The molecule has 2 aliphatic carbocycles. The molecule has 6 rings (SSSR count). The zero-order chi connectivity index (χ0) is 43.6. The Labute approximate surface area is 375 Å². The van der Waals surface area contributed by atoms with Crippen LogP contribution in [-0.2, 0) is 23.8 Å². The van der Waals surface area contributed by atoms with Gasteiger partial charge >= 0.3 is 6.09 Å². The molecule has 1 amide bonds. The molecule has 2 fully saturated rings. The number of unbranched alkanes of at least 4 members (excludes halogenated alkanes) is 2. The number of fused-ring (bicyclic) bond motifs is 2. The van der Waals surface area contributed by atoms with Crippen molar-refractivity contribution in [3.8, 4) is 11.5 Å². The Balaban J connectivity index is 1.50. The topological polar surface area (TPSA) is 158 Å². The van der Waals surface area contributed by atoms with E-state index in [1.807, 2.05) is 30.3 Å². The molecule has 62 heavy (non-hydrogen) atoms. The summed E-state index contributed by atoms with van der Waals surface area (Å²) in [5.41, 5.74) is 2.54. The Morgan fingerprint density at radius 1 is 1.00 bits per heavy atom. The van der Waals surface area contributed by atoms with Crippen LogP contribution in [0.3, 0.4) is 0 Å². The highest BCUT2D eigenvalue weighted by molar-refractivity contribution is 7.99. The van der Waals surface area contributed by atoms with E-state index >= 15 is 0 Å². The van der Waals surface area contributed by atoms with E-state index in [1.54, 1.807) is 22.7 Å². The number of nitrogens with zero attached hydrogens (tertiary/aromatic N) is 2. The second-order valence-corrected chi connectivity index (χ2v) is 17.6. The summed E-state index contributed by atoms with van der Waals surface area (Å²) in [6.07, 6.45) is 10.2. The van der Waals surface area contributed by atoms with Gasteiger partial charge in [0.2, 0.25) is 12.1 Å². The Kier molecular flexibility index (Phi) is 19.6. The number of hydrogen-bond donors (Lipinski definition) is 3. The van der Waals surface area contributed by atoms with Crippen molar-refractivity contribution in [1.82, 2.24) is 4.90 Å². The summed E-state index contributed by atoms with van der Waals surface area (Å²) >= 11 is 7.79. The summed E-state index contributed by atoms with van der Waals surface area (Å²) < 4.78 is 38.2. The lowest BCUT2D eigenvalue weighted by atomic mass is 9.55. The maximum Gasteiger partial charge on any atom is 0.410 e. The predicted octanol–water partition coefficient (Wildman–Crippen LogP) is 7.70. The molecular weight excluding hydrogens is 836 g/mol. The van der Waals surface area contributed by atoms with Crippen LogP contribution in [0.4, 0.5) is 4.79 Å². The van der Waals surface area contributed by atoms with Gasteiger partial charge in [-0.3, -0.25) is 4.90 Å². The number of halogens is 1. The van der Waals surface area contributed by atoms with Gasteiger partial charge in [0, 0.05) is 54.7 Å². The van der Waals surface area contributed by atoms with Gasteiger partial charge in [0.1, 0.15) is 24.1 Å². The number of carbonyl (C=O) groups excluding carboxylic acids is 1. The van der Waals surface area contributed by atoms with Crippen LogP contribution in [0.1, 0.15) is 75.7 Å². The number of carbonyl (C=O) groups is 1. The first-order chi connectivity index (χ1) is 30.5. The Bertz CT molecular complexity index is 1750. The molecule has 2 heterocycles. The quantitative estimate of drug-likeness (QED) is 0.0278.